The topological polar surface area (TPSA) is 29.0 Å². The van der Waals surface area contributed by atoms with E-state index in [-0.39, 0.29) is 0 Å². The van der Waals surface area contributed by atoms with E-state index in [0.717, 1.165) is 35.1 Å². The largest absolute Gasteiger partial charge is 0.359 e. The van der Waals surface area contributed by atoms with Gasteiger partial charge in [0, 0.05) is 19.0 Å². The lowest BCUT2D eigenvalue weighted by atomic mass is 10.2. The summed E-state index contributed by atoms with van der Waals surface area (Å²) >= 11 is 6.00. The van der Waals surface area contributed by atoms with Crippen molar-refractivity contribution in [1.29, 1.82) is 0 Å². The molecule has 1 aromatic heterocycles. The number of benzene rings is 1. The fourth-order valence-electron chi connectivity index (χ4n) is 2.41. The van der Waals surface area contributed by atoms with Crippen LogP contribution >= 0.6 is 11.6 Å². The Labute approximate surface area is 112 Å². The Morgan fingerprint density at radius 3 is 2.78 bits per heavy atom. The molecule has 2 aromatic rings. The van der Waals surface area contributed by atoms with Crippen molar-refractivity contribution in [1.82, 2.24) is 9.97 Å². The van der Waals surface area contributed by atoms with Gasteiger partial charge in [0.15, 0.2) is 0 Å². The fourth-order valence-corrected chi connectivity index (χ4v) is 2.59. The van der Waals surface area contributed by atoms with E-state index in [2.05, 4.69) is 28.8 Å². The molecule has 1 aromatic carbocycles. The number of para-hydroxylation sites is 1. The molecular weight excluding hydrogens is 246 g/mol. The van der Waals surface area contributed by atoms with Gasteiger partial charge in [-0.15, -0.1) is 0 Å². The summed E-state index contributed by atoms with van der Waals surface area (Å²) in [6, 6.07) is 8.00. The van der Waals surface area contributed by atoms with Crippen molar-refractivity contribution < 1.29 is 0 Å². The first-order valence-corrected chi connectivity index (χ1v) is 6.66. The number of hydrogen-bond donors (Lipinski definition) is 0. The summed E-state index contributed by atoms with van der Waals surface area (Å²) in [5.74, 6) is 2.57. The molecule has 3 rings (SSSR count). The van der Waals surface area contributed by atoms with E-state index < -0.39 is 0 Å². The Morgan fingerprint density at radius 1 is 1.33 bits per heavy atom. The molecule has 0 saturated heterocycles. The van der Waals surface area contributed by atoms with E-state index in [4.69, 9.17) is 11.6 Å². The lowest BCUT2D eigenvalue weighted by Gasteiger charge is -2.19. The highest BCUT2D eigenvalue weighted by molar-refractivity contribution is 6.28. The van der Waals surface area contributed by atoms with Crippen molar-refractivity contribution in [3.8, 4) is 0 Å². The van der Waals surface area contributed by atoms with E-state index in [1.165, 1.54) is 6.42 Å². The van der Waals surface area contributed by atoms with E-state index >= 15 is 0 Å². The van der Waals surface area contributed by atoms with Crippen LogP contribution in [0, 0.1) is 11.8 Å². The summed E-state index contributed by atoms with van der Waals surface area (Å²) in [6.07, 6.45) is 1.32. The van der Waals surface area contributed by atoms with E-state index in [1.54, 1.807) is 0 Å². The summed E-state index contributed by atoms with van der Waals surface area (Å²) in [6.45, 7) is 3.34. The number of fused-ring (bicyclic) bond motifs is 1. The molecule has 0 amide bonds. The molecule has 0 N–H and O–H groups in total. The Hall–Kier alpha value is -1.35. The van der Waals surface area contributed by atoms with Gasteiger partial charge in [-0.2, -0.15) is 4.98 Å². The minimum Gasteiger partial charge on any atom is -0.359 e. The van der Waals surface area contributed by atoms with Gasteiger partial charge >= 0.3 is 0 Å². The molecule has 18 heavy (non-hydrogen) atoms. The number of aromatic nitrogens is 2. The lowest BCUT2D eigenvalue weighted by Crippen LogP contribution is -2.22. The van der Waals surface area contributed by atoms with Gasteiger partial charge in [0.2, 0.25) is 5.28 Å². The molecule has 0 spiro atoms. The number of anilines is 1. The summed E-state index contributed by atoms with van der Waals surface area (Å²) < 4.78 is 0. The summed E-state index contributed by atoms with van der Waals surface area (Å²) in [5.41, 5.74) is 0.906. The molecule has 1 aliphatic carbocycles. The molecule has 0 bridgehead atoms. The van der Waals surface area contributed by atoms with Gasteiger partial charge in [-0.05, 0) is 42.0 Å². The Balaban J connectivity index is 1.99. The first kappa shape index (κ1) is 11.7. The maximum absolute atomic E-state index is 6.00. The number of halogens is 1. The highest BCUT2D eigenvalue weighted by atomic mass is 35.5. The predicted molar refractivity (Wildman–Crippen MR) is 75.1 cm³/mol. The molecule has 1 heterocycles. The number of rotatable bonds is 3. The first-order valence-electron chi connectivity index (χ1n) is 6.28. The van der Waals surface area contributed by atoms with Gasteiger partial charge in [-0.1, -0.05) is 19.1 Å². The minimum atomic E-state index is 0.319. The molecule has 0 radical (unpaired) electrons. The minimum absolute atomic E-state index is 0.319. The van der Waals surface area contributed by atoms with E-state index in [9.17, 15) is 0 Å². The van der Waals surface area contributed by atoms with Crippen LogP contribution < -0.4 is 4.90 Å². The van der Waals surface area contributed by atoms with Crippen LogP contribution in [0.3, 0.4) is 0 Å². The van der Waals surface area contributed by atoms with E-state index in [1.807, 2.05) is 24.3 Å². The van der Waals surface area contributed by atoms with Gasteiger partial charge in [-0.25, -0.2) is 4.98 Å². The van der Waals surface area contributed by atoms with Crippen LogP contribution in [0.2, 0.25) is 5.28 Å². The monoisotopic (exact) mass is 261 g/mol. The SMILES string of the molecule is CC1CC1CN(C)c1nc(Cl)nc2ccccc12. The Morgan fingerprint density at radius 2 is 2.06 bits per heavy atom. The fraction of sp³-hybridized carbons (Fsp3) is 0.429. The summed E-state index contributed by atoms with van der Waals surface area (Å²) in [5, 5.41) is 1.39. The third kappa shape index (κ3) is 2.15. The third-order valence-corrected chi connectivity index (χ3v) is 3.87. The van der Waals surface area contributed by atoms with Crippen LogP contribution in [0.15, 0.2) is 24.3 Å². The zero-order chi connectivity index (χ0) is 12.7. The van der Waals surface area contributed by atoms with Crippen molar-refractivity contribution in [2.45, 2.75) is 13.3 Å². The maximum atomic E-state index is 6.00. The van der Waals surface area contributed by atoms with Crippen molar-refractivity contribution in [3.05, 3.63) is 29.5 Å². The zero-order valence-electron chi connectivity index (χ0n) is 10.6. The van der Waals surface area contributed by atoms with Gasteiger partial charge in [0.05, 0.1) is 5.52 Å². The normalized spacial score (nSPS) is 22.2. The second kappa shape index (κ2) is 4.39. The molecule has 2 atom stereocenters. The predicted octanol–water partition coefficient (Wildman–Crippen LogP) is 3.38. The van der Waals surface area contributed by atoms with Crippen LogP contribution in [0.5, 0.6) is 0 Å². The van der Waals surface area contributed by atoms with Gasteiger partial charge < -0.3 is 4.90 Å². The smallest absolute Gasteiger partial charge is 0.224 e. The van der Waals surface area contributed by atoms with Crippen molar-refractivity contribution in [3.63, 3.8) is 0 Å². The maximum Gasteiger partial charge on any atom is 0.224 e. The van der Waals surface area contributed by atoms with E-state index in [0.29, 0.717) is 5.28 Å². The zero-order valence-corrected chi connectivity index (χ0v) is 11.4. The summed E-state index contributed by atoms with van der Waals surface area (Å²) in [4.78, 5) is 10.8. The van der Waals surface area contributed by atoms with Crippen LogP contribution in [0.4, 0.5) is 5.82 Å². The second-order valence-corrected chi connectivity index (χ2v) is 5.53. The molecule has 1 aliphatic rings. The highest BCUT2D eigenvalue weighted by Gasteiger charge is 2.33. The molecule has 4 heteroatoms. The molecule has 3 nitrogen and oxygen atoms in total. The number of hydrogen-bond acceptors (Lipinski definition) is 3. The van der Waals surface area contributed by atoms with Crippen molar-refractivity contribution in [2.24, 2.45) is 11.8 Å². The molecule has 1 fully saturated rings. The van der Waals surface area contributed by atoms with Crippen molar-refractivity contribution in [2.75, 3.05) is 18.5 Å². The van der Waals surface area contributed by atoms with Gasteiger partial charge in [-0.3, -0.25) is 0 Å². The quantitative estimate of drug-likeness (QED) is 0.794. The standard InChI is InChI=1S/C14H16ClN3/c1-9-7-10(9)8-18(2)13-11-5-3-4-6-12(11)16-14(15)17-13/h3-6,9-10H,7-8H2,1-2H3. The van der Waals surface area contributed by atoms with Crippen LogP contribution in [0.25, 0.3) is 10.9 Å². The first-order chi connectivity index (χ1) is 8.65. The highest BCUT2D eigenvalue weighted by Crippen LogP contribution is 2.39. The van der Waals surface area contributed by atoms with Crippen LogP contribution in [0.1, 0.15) is 13.3 Å². The summed E-state index contributed by atoms with van der Waals surface area (Å²) in [7, 11) is 2.08. The van der Waals surface area contributed by atoms with Crippen LogP contribution in [-0.2, 0) is 0 Å². The molecule has 0 aliphatic heterocycles. The third-order valence-electron chi connectivity index (χ3n) is 3.70. The molecule has 2 unspecified atom stereocenters. The average molecular weight is 262 g/mol. The Bertz CT molecular complexity index is 584. The van der Waals surface area contributed by atoms with Crippen LogP contribution in [-0.4, -0.2) is 23.6 Å². The second-order valence-electron chi connectivity index (χ2n) is 5.19. The molecular formula is C14H16ClN3. The molecule has 1 saturated carbocycles. The van der Waals surface area contributed by atoms with Gasteiger partial charge in [0.25, 0.3) is 0 Å². The Kier molecular flexibility index (Phi) is 2.86. The van der Waals surface area contributed by atoms with Crippen molar-refractivity contribution >= 4 is 28.3 Å². The van der Waals surface area contributed by atoms with Gasteiger partial charge in [0.1, 0.15) is 5.82 Å². The lowest BCUT2D eigenvalue weighted by molar-refractivity contribution is 0.721. The molecule has 94 valence electrons. The average Bonchev–Trinajstić information content (AvgIpc) is 3.03. The number of nitrogens with zero attached hydrogens (tertiary/aromatic N) is 3.